The van der Waals surface area contributed by atoms with Gasteiger partial charge in [-0.3, -0.25) is 4.79 Å². The Morgan fingerprint density at radius 2 is 1.91 bits per heavy atom. The normalized spacial score (nSPS) is 12.7. The van der Waals surface area contributed by atoms with E-state index in [0.29, 0.717) is 0 Å². The van der Waals surface area contributed by atoms with Crippen LogP contribution in [-0.2, 0) is 4.79 Å². The number of nitrogens with zero attached hydrogens (tertiary/aromatic N) is 1. The molecule has 0 fully saturated rings. The summed E-state index contributed by atoms with van der Waals surface area (Å²) in [6.45, 7) is 4.19. The van der Waals surface area contributed by atoms with Gasteiger partial charge in [0.15, 0.2) is 0 Å². The number of hydrogen-bond acceptors (Lipinski definition) is 1. The molecule has 1 amide bonds. The average molecular weight is 157 g/mol. The van der Waals surface area contributed by atoms with Gasteiger partial charge >= 0.3 is 0 Å². The van der Waals surface area contributed by atoms with Crippen molar-refractivity contribution in [3.63, 3.8) is 0 Å². The predicted octanol–water partition coefficient (Wildman–Crippen LogP) is 1.90. The highest BCUT2D eigenvalue weighted by atomic mass is 16.2. The molecule has 2 heteroatoms. The van der Waals surface area contributed by atoms with Gasteiger partial charge in [0.25, 0.3) is 0 Å². The van der Waals surface area contributed by atoms with Gasteiger partial charge < -0.3 is 4.90 Å². The zero-order chi connectivity index (χ0) is 8.85. The standard InChI is InChI=1S/C9H19NO/c1-5-7-8(6-2)9(11)10(3)4/h8H,5-7H2,1-4H3. The molecule has 2 nitrogen and oxygen atoms in total. The average Bonchev–Trinajstić information content (AvgIpc) is 1.98. The van der Waals surface area contributed by atoms with Gasteiger partial charge in [-0.25, -0.2) is 0 Å². The summed E-state index contributed by atoms with van der Waals surface area (Å²) in [5, 5.41) is 0. The van der Waals surface area contributed by atoms with Gasteiger partial charge in [-0.05, 0) is 12.8 Å². The SMILES string of the molecule is CCCC(CC)C(=O)N(C)C. The van der Waals surface area contributed by atoms with E-state index in [2.05, 4.69) is 13.8 Å². The molecule has 1 atom stereocenters. The van der Waals surface area contributed by atoms with Crippen LogP contribution in [0.2, 0.25) is 0 Å². The molecule has 0 N–H and O–H groups in total. The molecule has 0 aliphatic rings. The van der Waals surface area contributed by atoms with E-state index in [1.165, 1.54) is 0 Å². The first-order valence-electron chi connectivity index (χ1n) is 4.34. The third-order valence-corrected chi connectivity index (χ3v) is 1.92. The van der Waals surface area contributed by atoms with E-state index < -0.39 is 0 Å². The molecule has 0 aliphatic heterocycles. The van der Waals surface area contributed by atoms with Gasteiger partial charge in [-0.2, -0.15) is 0 Å². The van der Waals surface area contributed by atoms with Crippen molar-refractivity contribution in [3.05, 3.63) is 0 Å². The van der Waals surface area contributed by atoms with Crippen LogP contribution in [0.15, 0.2) is 0 Å². The number of rotatable bonds is 4. The zero-order valence-corrected chi connectivity index (χ0v) is 8.05. The first kappa shape index (κ1) is 10.5. The smallest absolute Gasteiger partial charge is 0.225 e. The molecular formula is C9H19NO. The monoisotopic (exact) mass is 157 g/mol. The van der Waals surface area contributed by atoms with Crippen LogP contribution in [0.4, 0.5) is 0 Å². The van der Waals surface area contributed by atoms with Gasteiger partial charge in [0.05, 0.1) is 0 Å². The number of amides is 1. The first-order valence-corrected chi connectivity index (χ1v) is 4.34. The van der Waals surface area contributed by atoms with Gasteiger partial charge in [-0.1, -0.05) is 20.3 Å². The Kier molecular flexibility index (Phi) is 4.92. The van der Waals surface area contributed by atoms with Crippen molar-refractivity contribution < 1.29 is 4.79 Å². The molecule has 0 aromatic carbocycles. The highest BCUT2D eigenvalue weighted by Gasteiger charge is 2.16. The van der Waals surface area contributed by atoms with E-state index in [-0.39, 0.29) is 11.8 Å². The summed E-state index contributed by atoms with van der Waals surface area (Å²) in [4.78, 5) is 13.1. The second-order valence-corrected chi connectivity index (χ2v) is 3.13. The van der Waals surface area contributed by atoms with Crippen LogP contribution in [-0.4, -0.2) is 24.9 Å². The molecule has 66 valence electrons. The van der Waals surface area contributed by atoms with Gasteiger partial charge in [0.1, 0.15) is 0 Å². The van der Waals surface area contributed by atoms with Crippen LogP contribution in [0.3, 0.4) is 0 Å². The largest absolute Gasteiger partial charge is 0.349 e. The highest BCUT2D eigenvalue weighted by Crippen LogP contribution is 2.12. The summed E-state index contributed by atoms with van der Waals surface area (Å²) >= 11 is 0. The molecule has 1 unspecified atom stereocenters. The van der Waals surface area contributed by atoms with E-state index >= 15 is 0 Å². The third-order valence-electron chi connectivity index (χ3n) is 1.92. The molecule has 11 heavy (non-hydrogen) atoms. The topological polar surface area (TPSA) is 20.3 Å². The van der Waals surface area contributed by atoms with Crippen molar-refractivity contribution in [1.82, 2.24) is 4.90 Å². The molecule has 0 rings (SSSR count). The van der Waals surface area contributed by atoms with Crippen molar-refractivity contribution in [2.24, 2.45) is 5.92 Å². The zero-order valence-electron chi connectivity index (χ0n) is 8.05. The van der Waals surface area contributed by atoms with E-state index in [1.54, 1.807) is 4.90 Å². The van der Waals surface area contributed by atoms with Gasteiger partial charge in [0.2, 0.25) is 5.91 Å². The van der Waals surface area contributed by atoms with Crippen LogP contribution in [0, 0.1) is 5.92 Å². The number of hydrogen-bond donors (Lipinski definition) is 0. The molecule has 0 spiro atoms. The van der Waals surface area contributed by atoms with Crippen LogP contribution < -0.4 is 0 Å². The van der Waals surface area contributed by atoms with E-state index in [1.807, 2.05) is 14.1 Å². The minimum Gasteiger partial charge on any atom is -0.349 e. The highest BCUT2D eigenvalue weighted by molar-refractivity contribution is 5.78. The predicted molar refractivity (Wildman–Crippen MR) is 47.4 cm³/mol. The Morgan fingerprint density at radius 3 is 2.18 bits per heavy atom. The molecular weight excluding hydrogens is 138 g/mol. The lowest BCUT2D eigenvalue weighted by molar-refractivity contribution is -0.133. The van der Waals surface area contributed by atoms with E-state index in [0.717, 1.165) is 19.3 Å². The number of carbonyl (C=O) groups is 1. The molecule has 0 aromatic heterocycles. The summed E-state index contributed by atoms with van der Waals surface area (Å²) in [6.07, 6.45) is 3.08. The van der Waals surface area contributed by atoms with E-state index in [9.17, 15) is 4.79 Å². The molecule has 0 radical (unpaired) electrons. The fourth-order valence-corrected chi connectivity index (χ4v) is 1.22. The maximum atomic E-state index is 11.4. The fraction of sp³-hybridized carbons (Fsp3) is 0.889. The lowest BCUT2D eigenvalue weighted by atomic mass is 10.00. The third kappa shape index (κ3) is 3.40. The van der Waals surface area contributed by atoms with Crippen molar-refractivity contribution in [2.75, 3.05) is 14.1 Å². The maximum absolute atomic E-state index is 11.4. The van der Waals surface area contributed by atoms with Crippen molar-refractivity contribution in [1.29, 1.82) is 0 Å². The molecule has 0 saturated carbocycles. The number of carbonyl (C=O) groups excluding carboxylic acids is 1. The minimum absolute atomic E-state index is 0.245. The Balaban J connectivity index is 3.92. The summed E-state index contributed by atoms with van der Waals surface area (Å²) < 4.78 is 0. The summed E-state index contributed by atoms with van der Waals surface area (Å²) in [5.74, 6) is 0.518. The van der Waals surface area contributed by atoms with Crippen LogP contribution in [0.25, 0.3) is 0 Å². The van der Waals surface area contributed by atoms with E-state index in [4.69, 9.17) is 0 Å². The van der Waals surface area contributed by atoms with Crippen molar-refractivity contribution in [2.45, 2.75) is 33.1 Å². The van der Waals surface area contributed by atoms with Gasteiger partial charge in [0, 0.05) is 20.0 Å². The summed E-state index contributed by atoms with van der Waals surface area (Å²) in [6, 6.07) is 0. The molecule has 0 aromatic rings. The molecule has 0 aliphatic carbocycles. The Bertz CT molecular complexity index is 121. The Labute approximate surface area is 69.6 Å². The Morgan fingerprint density at radius 1 is 1.36 bits per heavy atom. The van der Waals surface area contributed by atoms with Crippen LogP contribution >= 0.6 is 0 Å². The first-order chi connectivity index (χ1) is 5.13. The second kappa shape index (κ2) is 5.16. The lowest BCUT2D eigenvalue weighted by Crippen LogP contribution is -2.29. The van der Waals surface area contributed by atoms with Crippen LogP contribution in [0.5, 0.6) is 0 Å². The van der Waals surface area contributed by atoms with Crippen LogP contribution in [0.1, 0.15) is 33.1 Å². The molecule has 0 bridgehead atoms. The van der Waals surface area contributed by atoms with Gasteiger partial charge in [-0.15, -0.1) is 0 Å². The van der Waals surface area contributed by atoms with Crippen molar-refractivity contribution >= 4 is 5.91 Å². The maximum Gasteiger partial charge on any atom is 0.225 e. The quantitative estimate of drug-likeness (QED) is 0.610. The summed E-state index contributed by atoms with van der Waals surface area (Å²) in [7, 11) is 3.64. The molecule has 0 heterocycles. The minimum atomic E-state index is 0.245. The summed E-state index contributed by atoms with van der Waals surface area (Å²) in [5.41, 5.74) is 0. The van der Waals surface area contributed by atoms with Crippen molar-refractivity contribution in [3.8, 4) is 0 Å². The molecule has 0 saturated heterocycles. The lowest BCUT2D eigenvalue weighted by Gasteiger charge is -2.18. The fourth-order valence-electron chi connectivity index (χ4n) is 1.22. The second-order valence-electron chi connectivity index (χ2n) is 3.13. The Hall–Kier alpha value is -0.530.